The highest BCUT2D eigenvalue weighted by atomic mass is 35.5. The highest BCUT2D eigenvalue weighted by molar-refractivity contribution is 7.09. The van der Waals surface area contributed by atoms with E-state index in [9.17, 15) is 0 Å². The van der Waals surface area contributed by atoms with Gasteiger partial charge in [-0.3, -0.25) is 0 Å². The fraction of sp³-hybridized carbons (Fsp3) is 0.0588. The quantitative estimate of drug-likeness (QED) is 0.684. The van der Waals surface area contributed by atoms with Crippen LogP contribution in [-0.4, -0.2) is 4.98 Å². The predicted octanol–water partition coefficient (Wildman–Crippen LogP) is 4.91. The van der Waals surface area contributed by atoms with Gasteiger partial charge in [0.15, 0.2) is 0 Å². The average molecular weight is 327 g/mol. The number of hydrogen-bond donors (Lipinski definition) is 0. The van der Waals surface area contributed by atoms with Gasteiger partial charge in [-0.15, -0.1) is 11.3 Å². The molecule has 3 rings (SSSR count). The number of rotatable bonds is 4. The van der Waals surface area contributed by atoms with Crippen LogP contribution >= 0.6 is 22.9 Å². The van der Waals surface area contributed by atoms with E-state index in [2.05, 4.69) is 11.1 Å². The molecule has 2 aromatic carbocycles. The molecule has 1 heterocycles. The second kappa shape index (κ2) is 6.61. The van der Waals surface area contributed by atoms with Crippen molar-refractivity contribution >= 4 is 22.9 Å². The van der Waals surface area contributed by atoms with Crippen molar-refractivity contribution in [3.63, 3.8) is 0 Å². The van der Waals surface area contributed by atoms with Gasteiger partial charge < -0.3 is 4.74 Å². The van der Waals surface area contributed by atoms with Crippen LogP contribution in [0.15, 0.2) is 53.9 Å². The van der Waals surface area contributed by atoms with E-state index < -0.39 is 0 Å². The molecule has 0 saturated carbocycles. The molecule has 108 valence electrons. The fourth-order valence-corrected chi connectivity index (χ4v) is 2.83. The zero-order valence-corrected chi connectivity index (χ0v) is 13.1. The van der Waals surface area contributed by atoms with Crippen LogP contribution in [0, 0.1) is 11.3 Å². The van der Waals surface area contributed by atoms with Gasteiger partial charge in [-0.1, -0.05) is 35.9 Å². The summed E-state index contributed by atoms with van der Waals surface area (Å²) in [5.74, 6) is 0.652. The second-order valence-electron chi connectivity index (χ2n) is 4.53. The second-order valence-corrected chi connectivity index (χ2v) is 5.88. The highest BCUT2D eigenvalue weighted by Crippen LogP contribution is 2.26. The molecule has 0 radical (unpaired) electrons. The third-order valence-electron chi connectivity index (χ3n) is 3.05. The minimum absolute atomic E-state index is 0.380. The maximum Gasteiger partial charge on any atom is 0.140 e. The zero-order valence-electron chi connectivity index (χ0n) is 11.5. The molecule has 0 unspecified atom stereocenters. The molecule has 0 amide bonds. The van der Waals surface area contributed by atoms with Crippen molar-refractivity contribution in [1.82, 2.24) is 4.98 Å². The van der Waals surface area contributed by atoms with Crippen molar-refractivity contribution in [3.8, 4) is 23.1 Å². The van der Waals surface area contributed by atoms with Crippen molar-refractivity contribution in [2.24, 2.45) is 0 Å². The minimum Gasteiger partial charge on any atom is -0.485 e. The number of ether oxygens (including phenoxy) is 1. The molecule has 0 spiro atoms. The summed E-state index contributed by atoms with van der Waals surface area (Å²) in [6, 6.07) is 16.8. The van der Waals surface area contributed by atoms with E-state index in [1.165, 1.54) is 11.3 Å². The Bertz CT molecular complexity index is 821. The lowest BCUT2D eigenvalue weighted by molar-refractivity contribution is 0.306. The molecule has 0 fully saturated rings. The summed E-state index contributed by atoms with van der Waals surface area (Å²) < 4.78 is 5.68. The number of aromatic nitrogens is 1. The Balaban J connectivity index is 1.71. The molecule has 3 aromatic rings. The molecule has 0 saturated heterocycles. The van der Waals surface area contributed by atoms with Crippen molar-refractivity contribution in [1.29, 1.82) is 5.26 Å². The third-order valence-corrected chi connectivity index (χ3v) is 4.18. The monoisotopic (exact) mass is 326 g/mol. The summed E-state index contributed by atoms with van der Waals surface area (Å²) in [4.78, 5) is 4.55. The largest absolute Gasteiger partial charge is 0.485 e. The fourth-order valence-electron chi connectivity index (χ4n) is 1.93. The van der Waals surface area contributed by atoms with Crippen LogP contribution < -0.4 is 4.74 Å². The van der Waals surface area contributed by atoms with Crippen LogP contribution in [0.4, 0.5) is 0 Å². The maximum absolute atomic E-state index is 8.81. The Morgan fingerprint density at radius 1 is 1.14 bits per heavy atom. The lowest BCUT2D eigenvalue weighted by Crippen LogP contribution is -1.95. The molecule has 1 aromatic heterocycles. The van der Waals surface area contributed by atoms with Gasteiger partial charge in [0, 0.05) is 10.9 Å². The first-order valence-corrected chi connectivity index (χ1v) is 7.84. The zero-order chi connectivity index (χ0) is 15.4. The average Bonchev–Trinajstić information content (AvgIpc) is 3.03. The van der Waals surface area contributed by atoms with Crippen LogP contribution in [0.2, 0.25) is 5.02 Å². The van der Waals surface area contributed by atoms with Gasteiger partial charge in [0.05, 0.1) is 22.3 Å². The number of thiazole rings is 1. The predicted molar refractivity (Wildman–Crippen MR) is 88.0 cm³/mol. The van der Waals surface area contributed by atoms with E-state index in [0.29, 0.717) is 22.9 Å². The Labute approximate surface area is 137 Å². The van der Waals surface area contributed by atoms with E-state index in [1.807, 2.05) is 35.7 Å². The molecule has 5 heteroatoms. The Morgan fingerprint density at radius 2 is 1.91 bits per heavy atom. The van der Waals surface area contributed by atoms with Crippen LogP contribution in [0.1, 0.15) is 10.6 Å². The summed E-state index contributed by atoms with van der Waals surface area (Å²) >= 11 is 7.59. The van der Waals surface area contributed by atoms with Crippen LogP contribution in [0.5, 0.6) is 5.75 Å². The summed E-state index contributed by atoms with van der Waals surface area (Å²) in [7, 11) is 0. The molecule has 22 heavy (non-hydrogen) atoms. The first kappa shape index (κ1) is 14.6. The standard InChI is InChI=1S/C17H11ClN2OS/c18-14-3-1-2-4-16(14)21-10-17-20-15(11-22-17)13-7-5-12(9-19)6-8-13/h1-8,11H,10H2. The first-order chi connectivity index (χ1) is 10.8. The Hall–Kier alpha value is -2.35. The van der Waals surface area contributed by atoms with E-state index in [-0.39, 0.29) is 0 Å². The lowest BCUT2D eigenvalue weighted by Gasteiger charge is -2.05. The number of hydrogen-bond acceptors (Lipinski definition) is 4. The molecule has 0 aliphatic heterocycles. The van der Waals surface area contributed by atoms with E-state index in [1.54, 1.807) is 18.2 Å². The van der Waals surface area contributed by atoms with Crippen molar-refractivity contribution in [3.05, 3.63) is 69.5 Å². The summed E-state index contributed by atoms with van der Waals surface area (Å²) in [6.07, 6.45) is 0. The molecule has 0 N–H and O–H groups in total. The van der Waals surface area contributed by atoms with E-state index in [0.717, 1.165) is 16.3 Å². The van der Waals surface area contributed by atoms with Crippen molar-refractivity contribution in [2.75, 3.05) is 0 Å². The number of para-hydroxylation sites is 1. The van der Waals surface area contributed by atoms with Gasteiger partial charge in [-0.05, 0) is 24.3 Å². The molecule has 0 bridgehead atoms. The normalized spacial score (nSPS) is 10.2. The minimum atomic E-state index is 0.380. The van der Waals surface area contributed by atoms with Crippen molar-refractivity contribution in [2.45, 2.75) is 6.61 Å². The number of halogens is 1. The van der Waals surface area contributed by atoms with Gasteiger partial charge in [-0.25, -0.2) is 4.98 Å². The molecular formula is C17H11ClN2OS. The third kappa shape index (κ3) is 3.28. The summed E-state index contributed by atoms with van der Waals surface area (Å²) in [5, 5.41) is 12.3. The molecule has 3 nitrogen and oxygen atoms in total. The first-order valence-electron chi connectivity index (χ1n) is 6.58. The maximum atomic E-state index is 8.81. The van der Waals surface area contributed by atoms with E-state index in [4.69, 9.17) is 21.6 Å². The van der Waals surface area contributed by atoms with Crippen LogP contribution in [0.25, 0.3) is 11.3 Å². The lowest BCUT2D eigenvalue weighted by atomic mass is 10.1. The van der Waals surface area contributed by atoms with Gasteiger partial charge >= 0.3 is 0 Å². The van der Waals surface area contributed by atoms with Gasteiger partial charge in [0.2, 0.25) is 0 Å². The topological polar surface area (TPSA) is 45.9 Å². The Kier molecular flexibility index (Phi) is 4.38. The molecule has 0 atom stereocenters. The van der Waals surface area contributed by atoms with Crippen molar-refractivity contribution < 1.29 is 4.74 Å². The van der Waals surface area contributed by atoms with Gasteiger partial charge in [-0.2, -0.15) is 5.26 Å². The number of nitriles is 1. The van der Waals surface area contributed by atoms with Gasteiger partial charge in [0.25, 0.3) is 0 Å². The van der Waals surface area contributed by atoms with Gasteiger partial charge in [0.1, 0.15) is 17.4 Å². The van der Waals surface area contributed by atoms with Crippen LogP contribution in [0.3, 0.4) is 0 Å². The van der Waals surface area contributed by atoms with E-state index >= 15 is 0 Å². The highest BCUT2D eigenvalue weighted by Gasteiger charge is 2.07. The summed E-state index contributed by atoms with van der Waals surface area (Å²) in [5.41, 5.74) is 2.51. The molecule has 0 aliphatic rings. The SMILES string of the molecule is N#Cc1ccc(-c2csc(COc3ccccc3Cl)n2)cc1. The number of nitrogens with zero attached hydrogens (tertiary/aromatic N) is 2. The Morgan fingerprint density at radius 3 is 2.64 bits per heavy atom. The summed E-state index contributed by atoms with van der Waals surface area (Å²) in [6.45, 7) is 0.380. The smallest absolute Gasteiger partial charge is 0.140 e. The molecule has 0 aliphatic carbocycles. The van der Waals surface area contributed by atoms with Crippen LogP contribution in [-0.2, 0) is 6.61 Å². The molecular weight excluding hydrogens is 316 g/mol. The number of benzene rings is 2.